The molecule has 0 radical (unpaired) electrons. The SMILES string of the molecule is [C-]#[N+]c1cc(Cl)c(Oc2ccc3c(c2)COB3O)nc1C. The fourth-order valence-electron chi connectivity index (χ4n) is 2.12. The van der Waals surface area contributed by atoms with Crippen LogP contribution in [0.4, 0.5) is 5.69 Å². The van der Waals surface area contributed by atoms with Crippen LogP contribution in [0.25, 0.3) is 4.85 Å². The molecule has 21 heavy (non-hydrogen) atoms. The molecule has 0 fully saturated rings. The molecule has 0 amide bonds. The van der Waals surface area contributed by atoms with Crippen LogP contribution in [-0.4, -0.2) is 17.1 Å². The van der Waals surface area contributed by atoms with Crippen LogP contribution in [0.15, 0.2) is 24.3 Å². The molecular formula is C14H10BClN2O3. The lowest BCUT2D eigenvalue weighted by Crippen LogP contribution is -2.27. The second-order valence-electron chi connectivity index (χ2n) is 4.62. The van der Waals surface area contributed by atoms with E-state index in [0.29, 0.717) is 23.7 Å². The molecule has 1 aromatic carbocycles. The summed E-state index contributed by atoms with van der Waals surface area (Å²) >= 11 is 6.07. The summed E-state index contributed by atoms with van der Waals surface area (Å²) in [5.41, 5.74) is 2.56. The Kier molecular flexibility index (Phi) is 3.56. The molecule has 0 atom stereocenters. The summed E-state index contributed by atoms with van der Waals surface area (Å²) in [4.78, 5) is 7.54. The minimum atomic E-state index is -0.879. The van der Waals surface area contributed by atoms with Gasteiger partial charge in [0.15, 0.2) is 0 Å². The molecule has 3 rings (SSSR count). The van der Waals surface area contributed by atoms with Gasteiger partial charge in [0.1, 0.15) is 5.75 Å². The lowest BCUT2D eigenvalue weighted by atomic mass is 9.80. The molecule has 0 unspecified atom stereocenters. The molecular weight excluding hydrogens is 290 g/mol. The first-order valence-electron chi connectivity index (χ1n) is 6.23. The van der Waals surface area contributed by atoms with Crippen molar-refractivity contribution in [3.05, 3.63) is 52.0 Å². The highest BCUT2D eigenvalue weighted by Crippen LogP contribution is 2.32. The summed E-state index contributed by atoms with van der Waals surface area (Å²) < 4.78 is 10.8. The summed E-state index contributed by atoms with van der Waals surface area (Å²) in [6.45, 7) is 9.09. The van der Waals surface area contributed by atoms with E-state index < -0.39 is 7.12 Å². The van der Waals surface area contributed by atoms with Gasteiger partial charge in [0.05, 0.1) is 18.2 Å². The number of pyridine rings is 1. The predicted octanol–water partition coefficient (Wildman–Crippen LogP) is 2.60. The number of hydrogen-bond donors (Lipinski definition) is 1. The van der Waals surface area contributed by atoms with Crippen molar-refractivity contribution >= 4 is 29.9 Å². The molecule has 0 aliphatic carbocycles. The van der Waals surface area contributed by atoms with Crippen molar-refractivity contribution < 1.29 is 14.4 Å². The summed E-state index contributed by atoms with van der Waals surface area (Å²) in [5, 5.41) is 9.86. The zero-order chi connectivity index (χ0) is 15.0. The Morgan fingerprint density at radius 3 is 3.05 bits per heavy atom. The maximum atomic E-state index is 9.58. The monoisotopic (exact) mass is 300 g/mol. The van der Waals surface area contributed by atoms with E-state index in [1.165, 1.54) is 6.07 Å². The third-order valence-electron chi connectivity index (χ3n) is 3.22. The van der Waals surface area contributed by atoms with Gasteiger partial charge in [-0.1, -0.05) is 17.7 Å². The third kappa shape index (κ3) is 2.59. The van der Waals surface area contributed by atoms with Crippen molar-refractivity contribution in [1.29, 1.82) is 0 Å². The van der Waals surface area contributed by atoms with Gasteiger partial charge >= 0.3 is 7.12 Å². The minimum absolute atomic E-state index is 0.251. The van der Waals surface area contributed by atoms with Gasteiger partial charge in [0, 0.05) is 5.69 Å². The molecule has 1 aromatic heterocycles. The molecule has 1 aliphatic rings. The summed E-state index contributed by atoms with van der Waals surface area (Å²) in [6, 6.07) is 6.78. The molecule has 0 saturated heterocycles. The fourth-order valence-corrected chi connectivity index (χ4v) is 2.30. The van der Waals surface area contributed by atoms with E-state index in [1.54, 1.807) is 25.1 Å². The van der Waals surface area contributed by atoms with E-state index >= 15 is 0 Å². The average molecular weight is 301 g/mol. The molecule has 0 bridgehead atoms. The Hall–Kier alpha value is -2.07. The average Bonchev–Trinajstić information content (AvgIpc) is 2.83. The van der Waals surface area contributed by atoms with Gasteiger partial charge in [-0.05, 0) is 36.1 Å². The highest BCUT2D eigenvalue weighted by molar-refractivity contribution is 6.61. The first-order valence-corrected chi connectivity index (χ1v) is 6.61. The Balaban J connectivity index is 1.91. The van der Waals surface area contributed by atoms with Crippen molar-refractivity contribution in [1.82, 2.24) is 4.98 Å². The van der Waals surface area contributed by atoms with Gasteiger partial charge in [-0.15, -0.1) is 0 Å². The Morgan fingerprint density at radius 2 is 2.29 bits per heavy atom. The summed E-state index contributed by atoms with van der Waals surface area (Å²) in [7, 11) is -0.879. The van der Waals surface area contributed by atoms with Gasteiger partial charge in [-0.25, -0.2) is 9.83 Å². The highest BCUT2D eigenvalue weighted by atomic mass is 35.5. The van der Waals surface area contributed by atoms with Crippen molar-refractivity contribution in [3.63, 3.8) is 0 Å². The van der Waals surface area contributed by atoms with E-state index in [2.05, 4.69) is 9.83 Å². The Morgan fingerprint density at radius 1 is 1.48 bits per heavy atom. The first kappa shape index (κ1) is 13.9. The van der Waals surface area contributed by atoms with E-state index in [1.807, 2.05) is 0 Å². The standard InChI is InChI=1S/C14H10BClN2O3/c1-8-13(17-2)6-12(16)14(18-8)21-10-3-4-11-9(5-10)7-20-15(11)19/h3-6,19H,7H2,1H3. The van der Waals surface area contributed by atoms with E-state index in [4.69, 9.17) is 27.6 Å². The normalized spacial score (nSPS) is 13.0. The van der Waals surface area contributed by atoms with Crippen molar-refractivity contribution in [2.45, 2.75) is 13.5 Å². The van der Waals surface area contributed by atoms with Crippen LogP contribution in [0.1, 0.15) is 11.3 Å². The van der Waals surface area contributed by atoms with E-state index in [9.17, 15) is 5.02 Å². The van der Waals surface area contributed by atoms with Gasteiger partial charge in [0.25, 0.3) is 0 Å². The molecule has 1 N–H and O–H groups in total. The predicted molar refractivity (Wildman–Crippen MR) is 79.2 cm³/mol. The van der Waals surface area contributed by atoms with Gasteiger partial charge in [0.2, 0.25) is 11.6 Å². The Bertz CT molecular complexity index is 761. The largest absolute Gasteiger partial charge is 0.491 e. The van der Waals surface area contributed by atoms with Crippen molar-refractivity contribution in [2.75, 3.05) is 0 Å². The van der Waals surface area contributed by atoms with Crippen molar-refractivity contribution in [3.8, 4) is 11.6 Å². The van der Waals surface area contributed by atoms with Gasteiger partial charge < -0.3 is 14.4 Å². The van der Waals surface area contributed by atoms with E-state index in [-0.39, 0.29) is 10.9 Å². The number of hydrogen-bond acceptors (Lipinski definition) is 4. The summed E-state index contributed by atoms with van der Waals surface area (Å²) in [5.74, 6) is 0.803. The first-order chi connectivity index (χ1) is 10.1. The number of fused-ring (bicyclic) bond motifs is 1. The summed E-state index contributed by atoms with van der Waals surface area (Å²) in [6.07, 6.45) is 0. The number of aromatic nitrogens is 1. The Labute approximate surface area is 127 Å². The minimum Gasteiger partial charge on any atom is -0.438 e. The maximum Gasteiger partial charge on any atom is 0.491 e. The fraction of sp³-hybridized carbons (Fsp3) is 0.143. The van der Waals surface area contributed by atoms with Crippen LogP contribution in [0.5, 0.6) is 11.6 Å². The van der Waals surface area contributed by atoms with Crippen LogP contribution in [0.2, 0.25) is 5.02 Å². The molecule has 2 aromatic rings. The molecule has 1 aliphatic heterocycles. The zero-order valence-electron chi connectivity index (χ0n) is 11.1. The van der Waals surface area contributed by atoms with Crippen LogP contribution in [0.3, 0.4) is 0 Å². The lowest BCUT2D eigenvalue weighted by molar-refractivity contribution is 0.275. The topological polar surface area (TPSA) is 55.9 Å². The van der Waals surface area contributed by atoms with Crippen LogP contribution in [0, 0.1) is 13.5 Å². The quantitative estimate of drug-likeness (QED) is 0.684. The zero-order valence-corrected chi connectivity index (χ0v) is 11.9. The van der Waals surface area contributed by atoms with Crippen LogP contribution >= 0.6 is 11.6 Å². The second kappa shape index (κ2) is 5.37. The number of halogens is 1. The molecule has 5 nitrogen and oxygen atoms in total. The number of aryl methyl sites for hydroxylation is 1. The second-order valence-corrected chi connectivity index (χ2v) is 5.02. The number of nitrogens with zero attached hydrogens (tertiary/aromatic N) is 2. The lowest BCUT2D eigenvalue weighted by Gasteiger charge is -2.09. The van der Waals surface area contributed by atoms with Crippen LogP contribution in [-0.2, 0) is 11.3 Å². The maximum absolute atomic E-state index is 9.58. The van der Waals surface area contributed by atoms with Crippen molar-refractivity contribution in [2.24, 2.45) is 0 Å². The molecule has 104 valence electrons. The highest BCUT2D eigenvalue weighted by Gasteiger charge is 2.27. The smallest absolute Gasteiger partial charge is 0.438 e. The van der Waals surface area contributed by atoms with Gasteiger partial charge in [-0.2, -0.15) is 0 Å². The molecule has 2 heterocycles. The number of ether oxygens (including phenoxy) is 1. The van der Waals surface area contributed by atoms with E-state index in [0.717, 1.165) is 11.0 Å². The molecule has 0 spiro atoms. The van der Waals surface area contributed by atoms with Gasteiger partial charge in [-0.3, -0.25) is 0 Å². The third-order valence-corrected chi connectivity index (χ3v) is 3.49. The number of benzene rings is 1. The molecule has 7 heteroatoms. The van der Waals surface area contributed by atoms with Crippen LogP contribution < -0.4 is 10.2 Å². The number of rotatable bonds is 2. The molecule has 0 saturated carbocycles.